The number of carbonyl (C=O) groups is 1. The first-order valence-corrected chi connectivity index (χ1v) is 17.7. The van der Waals surface area contributed by atoms with Crippen LogP contribution in [-0.4, -0.2) is 33.2 Å². The summed E-state index contributed by atoms with van der Waals surface area (Å²) < 4.78 is 4.89. The van der Waals surface area contributed by atoms with Crippen LogP contribution in [0.2, 0.25) is 0 Å². The minimum atomic E-state index is -4.65. The van der Waals surface area contributed by atoms with Gasteiger partial charge in [-0.05, 0) is 12.8 Å². The van der Waals surface area contributed by atoms with Gasteiger partial charge in [0.25, 0.3) is 0 Å². The van der Waals surface area contributed by atoms with Gasteiger partial charge in [0.05, 0.1) is 0 Å². The van der Waals surface area contributed by atoms with Crippen LogP contribution in [0.3, 0.4) is 0 Å². The molecule has 40 heavy (non-hydrogen) atoms. The van der Waals surface area contributed by atoms with Crippen LogP contribution < -0.4 is 5.32 Å². The van der Waals surface area contributed by atoms with Gasteiger partial charge >= 0.3 is 180 Å². The Balaban J connectivity index is 1.62. The molecule has 6 nitrogen and oxygen atoms in total. The molecule has 0 unspecified atom stereocenters. The Morgan fingerprint density at radius 3 is 2.12 bits per heavy atom. The molecular weight excluding hydrogens is 521 g/mol. The monoisotopic (exact) mass is 577 g/mol. The van der Waals surface area contributed by atoms with Crippen LogP contribution in [0.1, 0.15) is 134 Å². The van der Waals surface area contributed by atoms with Gasteiger partial charge < -0.3 is 0 Å². The van der Waals surface area contributed by atoms with Crippen molar-refractivity contribution in [2.24, 2.45) is 0 Å². The van der Waals surface area contributed by atoms with Gasteiger partial charge in [0.1, 0.15) is 0 Å². The van der Waals surface area contributed by atoms with Gasteiger partial charge in [0.2, 0.25) is 0 Å². The number of rotatable bonds is 22. The first kappa shape index (κ1) is 34.6. The van der Waals surface area contributed by atoms with Gasteiger partial charge in [-0.3, -0.25) is 0 Å². The molecule has 0 spiro atoms. The van der Waals surface area contributed by atoms with E-state index in [0.717, 1.165) is 44.1 Å². The van der Waals surface area contributed by atoms with Crippen molar-refractivity contribution in [3.8, 4) is 0 Å². The molecule has 0 radical (unpaired) electrons. The fraction of sp³-hybridized carbons (Fsp3) is 0.667. The first-order valence-electron chi connectivity index (χ1n) is 15.9. The number of hydrogen-bond donors (Lipinski definition) is 4. The summed E-state index contributed by atoms with van der Waals surface area (Å²) in [7, 11) is -4.65. The van der Waals surface area contributed by atoms with Crippen LogP contribution in [-0.2, 0) is 15.7 Å². The second kappa shape index (κ2) is 21.2. The zero-order chi connectivity index (χ0) is 28.9. The third kappa shape index (κ3) is 17.3. The van der Waals surface area contributed by atoms with Crippen molar-refractivity contribution in [2.45, 2.75) is 135 Å². The Bertz CT molecular complexity index is 863. The Morgan fingerprint density at radius 2 is 1.52 bits per heavy atom. The summed E-state index contributed by atoms with van der Waals surface area (Å²) in [6.07, 6.45) is 28.4. The second-order valence-electron chi connectivity index (χ2n) is 11.4. The minimum absolute atomic E-state index is 0.0729. The van der Waals surface area contributed by atoms with Gasteiger partial charge in [0, 0.05) is 0 Å². The van der Waals surface area contributed by atoms with Gasteiger partial charge in [-0.25, -0.2) is 0 Å². The SMILES string of the molecule is CCCCCCCC/C=C\CCCCCCCC(=O)N[C@@H](CO[PH](O)(O)O)Cc1ccc(C2=CCCCC2)cc1. The van der Waals surface area contributed by atoms with Crippen LogP contribution in [0.25, 0.3) is 5.57 Å². The number of unbranched alkanes of at least 4 members (excludes halogenated alkanes) is 11. The molecular formula is C33H56NO5P. The molecule has 1 amide bonds. The van der Waals surface area contributed by atoms with Crippen molar-refractivity contribution < 1.29 is 24.0 Å². The predicted molar refractivity (Wildman–Crippen MR) is 169 cm³/mol. The van der Waals surface area contributed by atoms with Crippen molar-refractivity contribution in [1.29, 1.82) is 0 Å². The van der Waals surface area contributed by atoms with E-state index in [2.05, 4.69) is 54.7 Å². The summed E-state index contributed by atoms with van der Waals surface area (Å²) in [5.41, 5.74) is 3.65. The summed E-state index contributed by atoms with van der Waals surface area (Å²) in [4.78, 5) is 40.5. The third-order valence-corrected chi connectivity index (χ3v) is 8.16. The molecule has 1 aliphatic carbocycles. The Labute approximate surface area is 244 Å². The normalized spacial score (nSPS) is 15.2. The van der Waals surface area contributed by atoms with Gasteiger partial charge in [0.15, 0.2) is 0 Å². The Hall–Kier alpha value is -1.56. The number of amides is 1. The van der Waals surface area contributed by atoms with E-state index in [4.69, 9.17) is 4.52 Å². The average Bonchev–Trinajstić information content (AvgIpc) is 2.94. The molecule has 1 aromatic carbocycles. The van der Waals surface area contributed by atoms with Crippen molar-refractivity contribution in [3.63, 3.8) is 0 Å². The molecule has 7 heteroatoms. The van der Waals surface area contributed by atoms with Gasteiger partial charge in [-0.1, -0.05) is 51.2 Å². The van der Waals surface area contributed by atoms with Crippen molar-refractivity contribution in [2.75, 3.05) is 6.61 Å². The maximum atomic E-state index is 12.6. The second-order valence-corrected chi connectivity index (χ2v) is 12.8. The molecule has 1 aliphatic rings. The van der Waals surface area contributed by atoms with E-state index in [-0.39, 0.29) is 12.5 Å². The number of hydrogen-bond acceptors (Lipinski definition) is 5. The van der Waals surface area contributed by atoms with Crippen LogP contribution >= 0.6 is 8.17 Å². The quantitative estimate of drug-likeness (QED) is 0.0634. The van der Waals surface area contributed by atoms with Gasteiger partial charge in [-0.15, -0.1) is 0 Å². The van der Waals surface area contributed by atoms with Crippen molar-refractivity contribution in [3.05, 3.63) is 53.6 Å². The fourth-order valence-corrected chi connectivity index (χ4v) is 5.68. The van der Waals surface area contributed by atoms with Crippen molar-refractivity contribution >= 4 is 19.7 Å². The zero-order valence-corrected chi connectivity index (χ0v) is 25.9. The number of carbonyl (C=O) groups excluding carboxylic acids is 1. The maximum absolute atomic E-state index is 12.6. The van der Waals surface area contributed by atoms with E-state index in [1.54, 1.807) is 0 Å². The molecule has 4 N–H and O–H groups in total. The van der Waals surface area contributed by atoms with E-state index in [0.29, 0.717) is 12.8 Å². The summed E-state index contributed by atoms with van der Waals surface area (Å²) in [6, 6.07) is 7.88. The van der Waals surface area contributed by atoms with Crippen LogP contribution in [0, 0.1) is 0 Å². The number of benzene rings is 1. The van der Waals surface area contributed by atoms with E-state index >= 15 is 0 Å². The molecule has 0 saturated heterocycles. The summed E-state index contributed by atoms with van der Waals surface area (Å²) in [5, 5.41) is 2.97. The fourth-order valence-electron chi connectivity index (χ4n) is 5.26. The first-order chi connectivity index (χ1) is 19.4. The average molecular weight is 578 g/mol. The molecule has 1 atom stereocenters. The van der Waals surface area contributed by atoms with Crippen LogP contribution in [0.15, 0.2) is 42.5 Å². The standard InChI is InChI=1S/C33H56NO5P/c1-2-3-4-5-6-7-8-9-10-11-12-13-14-15-19-22-33(35)34-32(28-39-40(36,37)38)27-29-23-25-31(26-24-29)30-20-17-16-18-21-30/h9-10,20,23-26,32,36-38,40H,2-8,11-19,21-22,27-28H2,1H3,(H,34,35)/b10-9-/t32-/m1/s1. The van der Waals surface area contributed by atoms with Gasteiger partial charge in [-0.2, -0.15) is 0 Å². The summed E-state index contributed by atoms with van der Waals surface area (Å²) in [6.45, 7) is 2.10. The summed E-state index contributed by atoms with van der Waals surface area (Å²) in [5.74, 6) is -0.0729. The Morgan fingerprint density at radius 1 is 0.900 bits per heavy atom. The number of nitrogens with one attached hydrogen (secondary N) is 1. The van der Waals surface area contributed by atoms with E-state index in [1.165, 1.54) is 81.8 Å². The van der Waals surface area contributed by atoms with Crippen molar-refractivity contribution in [1.82, 2.24) is 5.32 Å². The van der Waals surface area contributed by atoms with E-state index in [1.807, 2.05) is 0 Å². The molecule has 0 saturated carbocycles. The number of allylic oxidation sites excluding steroid dienone is 4. The molecule has 1 aromatic rings. The van der Waals surface area contributed by atoms with E-state index < -0.39 is 14.2 Å². The van der Waals surface area contributed by atoms with Crippen LogP contribution in [0.4, 0.5) is 0 Å². The molecule has 0 aromatic heterocycles. The zero-order valence-electron chi connectivity index (χ0n) is 24.9. The molecule has 0 aliphatic heterocycles. The third-order valence-electron chi connectivity index (χ3n) is 7.61. The topological polar surface area (TPSA) is 99.0 Å². The molecule has 0 bridgehead atoms. The predicted octanol–water partition coefficient (Wildman–Crippen LogP) is 8.11. The molecule has 228 valence electrons. The Kier molecular flexibility index (Phi) is 18.3. The molecule has 0 fully saturated rings. The summed E-state index contributed by atoms with van der Waals surface area (Å²) >= 11 is 0. The molecule has 2 rings (SSSR count). The van der Waals surface area contributed by atoms with E-state index in [9.17, 15) is 19.5 Å². The van der Waals surface area contributed by atoms with Crippen LogP contribution in [0.5, 0.6) is 0 Å². The molecule has 0 heterocycles.